The number of hydrogen-bond acceptors (Lipinski definition) is 2. The van der Waals surface area contributed by atoms with Crippen molar-refractivity contribution in [1.29, 1.82) is 0 Å². The molecule has 74 valence electrons. The quantitative estimate of drug-likeness (QED) is 0.707. The molecule has 0 N–H and O–H groups in total. The molecule has 0 spiro atoms. The molecule has 1 aliphatic carbocycles. The summed E-state index contributed by atoms with van der Waals surface area (Å²) in [5, 5.41) is 0. The van der Waals surface area contributed by atoms with Gasteiger partial charge in [-0.3, -0.25) is 4.79 Å². The number of Topliss-reactive ketones (excluding diaryl/α,β-unsaturated/α-hetero) is 1. The van der Waals surface area contributed by atoms with E-state index in [1.807, 2.05) is 0 Å². The highest BCUT2D eigenvalue weighted by Crippen LogP contribution is 2.47. The molecule has 1 aromatic rings. The van der Waals surface area contributed by atoms with Crippen LogP contribution in [0.1, 0.15) is 24.8 Å². The third kappa shape index (κ3) is 1.85. The lowest BCUT2D eigenvalue weighted by atomic mass is 10.1. The van der Waals surface area contributed by atoms with Gasteiger partial charge in [-0.15, -0.1) is 11.8 Å². The summed E-state index contributed by atoms with van der Waals surface area (Å²) < 4.78 is 0. The summed E-state index contributed by atoms with van der Waals surface area (Å²) in [4.78, 5) is 12.4. The van der Waals surface area contributed by atoms with Crippen LogP contribution in [0, 0.1) is 5.92 Å². The number of ketones is 1. The van der Waals surface area contributed by atoms with Crippen LogP contribution in [0.15, 0.2) is 29.2 Å². The van der Waals surface area contributed by atoms with Gasteiger partial charge in [-0.2, -0.15) is 0 Å². The topological polar surface area (TPSA) is 17.1 Å². The van der Waals surface area contributed by atoms with Crippen LogP contribution in [0.5, 0.6) is 0 Å². The van der Waals surface area contributed by atoms with Gasteiger partial charge in [0.25, 0.3) is 0 Å². The summed E-state index contributed by atoms with van der Waals surface area (Å²) in [5.41, 5.74) is 1.32. The average Bonchev–Trinajstić information content (AvgIpc) is 2.97. The van der Waals surface area contributed by atoms with Crippen LogP contribution in [0.2, 0.25) is 0 Å². The SMILES string of the molecule is CSc1ccc(C2CC2C(C)=O)cc1. The number of rotatable bonds is 3. The predicted molar refractivity (Wildman–Crippen MR) is 59.8 cm³/mol. The van der Waals surface area contributed by atoms with E-state index in [-0.39, 0.29) is 0 Å². The minimum atomic E-state index is 0.301. The van der Waals surface area contributed by atoms with Crippen molar-refractivity contribution in [1.82, 2.24) is 0 Å². The fourth-order valence-electron chi connectivity index (χ4n) is 1.86. The van der Waals surface area contributed by atoms with E-state index >= 15 is 0 Å². The Kier molecular flexibility index (Phi) is 2.64. The molecule has 1 fully saturated rings. The van der Waals surface area contributed by atoms with Gasteiger partial charge in [0.05, 0.1) is 0 Å². The largest absolute Gasteiger partial charge is 0.300 e. The summed E-state index contributed by atoms with van der Waals surface area (Å²) in [6.45, 7) is 1.70. The molecule has 1 saturated carbocycles. The van der Waals surface area contributed by atoms with Crippen LogP contribution < -0.4 is 0 Å². The van der Waals surface area contributed by atoms with Crippen molar-refractivity contribution in [3.63, 3.8) is 0 Å². The normalized spacial score (nSPS) is 24.7. The van der Waals surface area contributed by atoms with Crippen molar-refractivity contribution in [3.05, 3.63) is 29.8 Å². The van der Waals surface area contributed by atoms with Crippen molar-refractivity contribution in [2.45, 2.75) is 24.2 Å². The summed E-state index contributed by atoms with van der Waals surface area (Å²) in [5.74, 6) is 1.14. The maximum Gasteiger partial charge on any atom is 0.133 e. The Balaban J connectivity index is 2.08. The standard InChI is InChI=1S/C12H14OS/c1-8(13)11-7-12(11)9-3-5-10(14-2)6-4-9/h3-6,11-12H,7H2,1-2H3. The molecule has 2 heteroatoms. The predicted octanol–water partition coefficient (Wildman–Crippen LogP) is 3.10. The molecule has 2 unspecified atom stereocenters. The number of carbonyl (C=O) groups excluding carboxylic acids is 1. The summed E-state index contributed by atoms with van der Waals surface area (Å²) in [7, 11) is 0. The lowest BCUT2D eigenvalue weighted by Gasteiger charge is -2.00. The Labute approximate surface area is 88.9 Å². The van der Waals surface area contributed by atoms with E-state index in [1.165, 1.54) is 10.5 Å². The zero-order valence-corrected chi connectivity index (χ0v) is 9.30. The van der Waals surface area contributed by atoms with Gasteiger partial charge in [-0.05, 0) is 43.2 Å². The van der Waals surface area contributed by atoms with Crippen molar-refractivity contribution in [3.8, 4) is 0 Å². The molecule has 2 atom stereocenters. The molecule has 1 aromatic carbocycles. The van der Waals surface area contributed by atoms with E-state index in [9.17, 15) is 4.79 Å². The molecule has 0 aliphatic heterocycles. The summed E-state index contributed by atoms with van der Waals surface area (Å²) >= 11 is 1.75. The zero-order valence-electron chi connectivity index (χ0n) is 8.49. The van der Waals surface area contributed by atoms with Crippen molar-refractivity contribution >= 4 is 17.5 Å². The molecule has 0 heterocycles. The minimum Gasteiger partial charge on any atom is -0.300 e. The van der Waals surface area contributed by atoms with E-state index < -0.39 is 0 Å². The molecule has 1 aliphatic rings. The zero-order chi connectivity index (χ0) is 10.1. The third-order valence-corrected chi connectivity index (χ3v) is 3.60. The number of thioether (sulfide) groups is 1. The highest BCUT2D eigenvalue weighted by Gasteiger charge is 2.41. The van der Waals surface area contributed by atoms with Gasteiger partial charge in [0.1, 0.15) is 5.78 Å². The molecule has 0 saturated heterocycles. The molecule has 2 rings (SSSR count). The maximum atomic E-state index is 11.1. The van der Waals surface area contributed by atoms with Crippen molar-refractivity contribution in [2.24, 2.45) is 5.92 Å². The van der Waals surface area contributed by atoms with E-state index in [4.69, 9.17) is 0 Å². The Hall–Kier alpha value is -0.760. The van der Waals surface area contributed by atoms with Gasteiger partial charge in [-0.25, -0.2) is 0 Å². The first-order valence-electron chi connectivity index (χ1n) is 4.87. The van der Waals surface area contributed by atoms with Crippen LogP contribution in [0.3, 0.4) is 0 Å². The number of carbonyl (C=O) groups is 1. The van der Waals surface area contributed by atoms with Gasteiger partial charge in [-0.1, -0.05) is 12.1 Å². The first-order valence-corrected chi connectivity index (χ1v) is 6.09. The van der Waals surface area contributed by atoms with E-state index in [2.05, 4.69) is 30.5 Å². The van der Waals surface area contributed by atoms with Gasteiger partial charge in [0.15, 0.2) is 0 Å². The van der Waals surface area contributed by atoms with E-state index in [0.29, 0.717) is 17.6 Å². The van der Waals surface area contributed by atoms with Crippen LogP contribution in [0.4, 0.5) is 0 Å². The summed E-state index contributed by atoms with van der Waals surface area (Å²) in [6, 6.07) is 8.57. The highest BCUT2D eigenvalue weighted by molar-refractivity contribution is 7.98. The van der Waals surface area contributed by atoms with Gasteiger partial charge in [0, 0.05) is 10.8 Å². The fourth-order valence-corrected chi connectivity index (χ4v) is 2.27. The molecule has 1 nitrogen and oxygen atoms in total. The molecule has 14 heavy (non-hydrogen) atoms. The van der Waals surface area contributed by atoms with Gasteiger partial charge in [0.2, 0.25) is 0 Å². The maximum absolute atomic E-state index is 11.1. The third-order valence-electron chi connectivity index (χ3n) is 2.86. The first-order chi connectivity index (χ1) is 6.72. The first kappa shape index (κ1) is 9.78. The van der Waals surface area contributed by atoms with Crippen LogP contribution in [-0.2, 0) is 4.79 Å². The van der Waals surface area contributed by atoms with Crippen molar-refractivity contribution in [2.75, 3.05) is 6.26 Å². The second kappa shape index (κ2) is 3.77. The molecule has 0 aromatic heterocycles. The molecule has 0 radical (unpaired) electrons. The highest BCUT2D eigenvalue weighted by atomic mass is 32.2. The Morgan fingerprint density at radius 3 is 2.43 bits per heavy atom. The molecular formula is C12H14OS. The lowest BCUT2D eigenvalue weighted by Crippen LogP contribution is -1.94. The van der Waals surface area contributed by atoms with Gasteiger partial charge >= 0.3 is 0 Å². The number of benzene rings is 1. The monoisotopic (exact) mass is 206 g/mol. The second-order valence-electron chi connectivity index (χ2n) is 3.83. The van der Waals surface area contributed by atoms with Crippen LogP contribution >= 0.6 is 11.8 Å². The average molecular weight is 206 g/mol. The number of hydrogen-bond donors (Lipinski definition) is 0. The Morgan fingerprint density at radius 1 is 1.36 bits per heavy atom. The molecular weight excluding hydrogens is 192 g/mol. The molecule has 0 bridgehead atoms. The van der Waals surface area contributed by atoms with Crippen molar-refractivity contribution < 1.29 is 4.79 Å². The smallest absolute Gasteiger partial charge is 0.133 e. The summed E-state index contributed by atoms with van der Waals surface area (Å²) in [6.07, 6.45) is 3.12. The van der Waals surface area contributed by atoms with E-state index in [0.717, 1.165) is 6.42 Å². The van der Waals surface area contributed by atoms with E-state index in [1.54, 1.807) is 18.7 Å². The minimum absolute atomic E-state index is 0.301. The Morgan fingerprint density at radius 2 is 2.00 bits per heavy atom. The second-order valence-corrected chi connectivity index (χ2v) is 4.71. The fraction of sp³-hybridized carbons (Fsp3) is 0.417. The Bertz CT molecular complexity index is 342. The van der Waals surface area contributed by atoms with Crippen LogP contribution in [0.25, 0.3) is 0 Å². The van der Waals surface area contributed by atoms with Gasteiger partial charge < -0.3 is 0 Å². The lowest BCUT2D eigenvalue weighted by molar-refractivity contribution is -0.118. The van der Waals surface area contributed by atoms with Crippen LogP contribution in [-0.4, -0.2) is 12.0 Å². The molecule has 0 amide bonds.